The van der Waals surface area contributed by atoms with Gasteiger partial charge in [0.1, 0.15) is 6.10 Å². The number of carboxylic acid groups (broad SMARTS) is 1. The van der Waals surface area contributed by atoms with E-state index in [1.165, 1.54) is 12.8 Å². The van der Waals surface area contributed by atoms with Crippen molar-refractivity contribution in [2.45, 2.75) is 101 Å². The van der Waals surface area contributed by atoms with Crippen LogP contribution in [-0.2, 0) is 14.3 Å². The second-order valence-electron chi connectivity index (χ2n) is 10.4. The molecule has 0 aromatic rings. The molecule has 0 aliphatic rings. The monoisotopic (exact) mass is 412 g/mol. The van der Waals surface area contributed by atoms with Crippen molar-refractivity contribution in [1.29, 1.82) is 0 Å². The van der Waals surface area contributed by atoms with Crippen molar-refractivity contribution >= 4 is 11.9 Å². The molecule has 1 N–H and O–H groups in total. The molecular formula is C25H48O4. The van der Waals surface area contributed by atoms with Crippen molar-refractivity contribution in [3.8, 4) is 0 Å². The Bertz CT molecular complexity index is 485. The number of aliphatic carboxylic acids is 1. The second kappa shape index (κ2) is 13.3. The first-order chi connectivity index (χ1) is 13.3. The molecule has 0 amide bonds. The lowest BCUT2D eigenvalue weighted by molar-refractivity contribution is -0.166. The van der Waals surface area contributed by atoms with Gasteiger partial charge in [-0.05, 0) is 61.7 Å². The predicted molar refractivity (Wildman–Crippen MR) is 121 cm³/mol. The molecule has 0 aromatic heterocycles. The number of hydrogen-bond donors (Lipinski definition) is 1. The fourth-order valence-electron chi connectivity index (χ4n) is 4.41. The van der Waals surface area contributed by atoms with Gasteiger partial charge in [0.15, 0.2) is 0 Å². The fraction of sp³-hybridized carbons (Fsp3) is 0.920. The molecule has 0 fully saturated rings. The van der Waals surface area contributed by atoms with Gasteiger partial charge in [0, 0.05) is 0 Å². The Kier molecular flexibility index (Phi) is 12.8. The highest BCUT2D eigenvalue weighted by Crippen LogP contribution is 2.32. The SMILES string of the molecule is CCC(C)C(C)CC(C)CC(C)C(CC(C)C)C(=O)OC(C(C)C)C(C)C(=O)O. The van der Waals surface area contributed by atoms with Crippen LogP contribution in [0.4, 0.5) is 0 Å². The summed E-state index contributed by atoms with van der Waals surface area (Å²) in [5.41, 5.74) is 0. The molecule has 7 atom stereocenters. The third-order valence-corrected chi connectivity index (χ3v) is 6.67. The second-order valence-corrected chi connectivity index (χ2v) is 10.4. The van der Waals surface area contributed by atoms with E-state index in [9.17, 15) is 14.7 Å². The lowest BCUT2D eigenvalue weighted by atomic mass is 9.78. The van der Waals surface area contributed by atoms with Gasteiger partial charge in [-0.25, -0.2) is 0 Å². The molecule has 4 nitrogen and oxygen atoms in total. The molecule has 29 heavy (non-hydrogen) atoms. The minimum atomic E-state index is -0.919. The maximum atomic E-state index is 13.1. The Hall–Kier alpha value is -1.06. The van der Waals surface area contributed by atoms with Gasteiger partial charge in [-0.1, -0.05) is 68.7 Å². The van der Waals surface area contributed by atoms with Gasteiger partial charge in [-0.15, -0.1) is 0 Å². The van der Waals surface area contributed by atoms with Gasteiger partial charge < -0.3 is 9.84 Å². The Balaban J connectivity index is 5.21. The van der Waals surface area contributed by atoms with Crippen molar-refractivity contribution in [3.63, 3.8) is 0 Å². The maximum absolute atomic E-state index is 13.1. The topological polar surface area (TPSA) is 63.6 Å². The van der Waals surface area contributed by atoms with E-state index in [0.29, 0.717) is 23.7 Å². The van der Waals surface area contributed by atoms with Crippen molar-refractivity contribution in [3.05, 3.63) is 0 Å². The average Bonchev–Trinajstić information content (AvgIpc) is 2.61. The highest BCUT2D eigenvalue weighted by Gasteiger charge is 2.35. The minimum Gasteiger partial charge on any atom is -0.481 e. The van der Waals surface area contributed by atoms with Gasteiger partial charge >= 0.3 is 11.9 Å². The maximum Gasteiger partial charge on any atom is 0.309 e. The summed E-state index contributed by atoms with van der Waals surface area (Å²) in [6.45, 7) is 21.0. The molecule has 0 aliphatic heterocycles. The van der Waals surface area contributed by atoms with Crippen LogP contribution in [0.25, 0.3) is 0 Å². The molecule has 0 saturated heterocycles. The summed E-state index contributed by atoms with van der Waals surface area (Å²) >= 11 is 0. The van der Waals surface area contributed by atoms with Gasteiger partial charge in [-0.2, -0.15) is 0 Å². The van der Waals surface area contributed by atoms with Crippen molar-refractivity contribution in [2.24, 2.45) is 47.3 Å². The normalized spacial score (nSPS) is 19.3. The number of ether oxygens (including phenoxy) is 1. The number of hydrogen-bond acceptors (Lipinski definition) is 3. The number of carbonyl (C=O) groups excluding carboxylic acids is 1. The van der Waals surface area contributed by atoms with E-state index in [2.05, 4.69) is 48.5 Å². The van der Waals surface area contributed by atoms with Crippen molar-refractivity contribution in [2.75, 3.05) is 0 Å². The van der Waals surface area contributed by atoms with Crippen LogP contribution in [0.3, 0.4) is 0 Å². The quantitative estimate of drug-likeness (QED) is 0.323. The van der Waals surface area contributed by atoms with E-state index in [1.807, 2.05) is 13.8 Å². The fourth-order valence-corrected chi connectivity index (χ4v) is 4.41. The molecule has 0 rings (SSSR count). The van der Waals surface area contributed by atoms with Gasteiger partial charge in [0.2, 0.25) is 0 Å². The molecule has 0 radical (unpaired) electrons. The third-order valence-electron chi connectivity index (χ3n) is 6.67. The van der Waals surface area contributed by atoms with E-state index in [1.54, 1.807) is 6.92 Å². The Morgan fingerprint density at radius 2 is 1.31 bits per heavy atom. The zero-order valence-corrected chi connectivity index (χ0v) is 20.7. The van der Waals surface area contributed by atoms with Crippen molar-refractivity contribution in [1.82, 2.24) is 0 Å². The molecule has 0 aliphatic carbocycles. The average molecular weight is 413 g/mol. The molecule has 0 heterocycles. The van der Waals surface area contributed by atoms with Crippen LogP contribution in [0, 0.1) is 47.3 Å². The van der Waals surface area contributed by atoms with Crippen LogP contribution >= 0.6 is 0 Å². The predicted octanol–water partition coefficient (Wildman–Crippen LogP) is 6.67. The van der Waals surface area contributed by atoms with E-state index in [4.69, 9.17) is 4.74 Å². The van der Waals surface area contributed by atoms with Crippen LogP contribution < -0.4 is 0 Å². The summed E-state index contributed by atoms with van der Waals surface area (Å²) < 4.78 is 5.82. The smallest absolute Gasteiger partial charge is 0.309 e. The molecule has 4 heteroatoms. The summed E-state index contributed by atoms with van der Waals surface area (Å²) in [5.74, 6) is 0.495. The minimum absolute atomic E-state index is 0.0321. The summed E-state index contributed by atoms with van der Waals surface area (Å²) in [6.07, 6.45) is 3.55. The van der Waals surface area contributed by atoms with Crippen LogP contribution in [0.1, 0.15) is 94.9 Å². The summed E-state index contributed by atoms with van der Waals surface area (Å²) in [7, 11) is 0. The largest absolute Gasteiger partial charge is 0.481 e. The van der Waals surface area contributed by atoms with Crippen LogP contribution in [0.2, 0.25) is 0 Å². The Morgan fingerprint density at radius 1 is 0.793 bits per heavy atom. The zero-order chi connectivity index (χ0) is 22.9. The number of esters is 1. The molecule has 0 spiro atoms. The van der Waals surface area contributed by atoms with Gasteiger partial charge in [0.05, 0.1) is 11.8 Å². The van der Waals surface area contributed by atoms with E-state index in [-0.39, 0.29) is 23.7 Å². The van der Waals surface area contributed by atoms with Crippen LogP contribution in [-0.4, -0.2) is 23.1 Å². The molecule has 0 aromatic carbocycles. The van der Waals surface area contributed by atoms with Crippen LogP contribution in [0.15, 0.2) is 0 Å². The molecular weight excluding hydrogens is 364 g/mol. The lowest BCUT2D eigenvalue weighted by Crippen LogP contribution is -2.38. The Labute approximate surface area is 180 Å². The van der Waals surface area contributed by atoms with E-state index in [0.717, 1.165) is 12.8 Å². The number of carbonyl (C=O) groups is 2. The van der Waals surface area contributed by atoms with Crippen LogP contribution in [0.5, 0.6) is 0 Å². The first-order valence-corrected chi connectivity index (χ1v) is 11.7. The first kappa shape index (κ1) is 27.9. The Morgan fingerprint density at radius 3 is 1.72 bits per heavy atom. The summed E-state index contributed by atoms with van der Waals surface area (Å²) in [6, 6.07) is 0. The highest BCUT2D eigenvalue weighted by molar-refractivity contribution is 5.75. The number of rotatable bonds is 14. The number of carboxylic acids is 1. The summed E-state index contributed by atoms with van der Waals surface area (Å²) in [4.78, 5) is 24.5. The standard InChI is InChI=1S/C25H48O4/c1-11-18(7)19(8)13-17(6)14-20(9)22(12-15(2)3)25(28)29-23(16(4)5)21(10)24(26)27/h15-23H,11-14H2,1-10H3,(H,26,27). The molecule has 0 bridgehead atoms. The van der Waals surface area contributed by atoms with E-state index >= 15 is 0 Å². The van der Waals surface area contributed by atoms with E-state index < -0.39 is 18.0 Å². The zero-order valence-electron chi connectivity index (χ0n) is 20.7. The molecule has 0 saturated carbocycles. The third kappa shape index (κ3) is 10.00. The molecule has 172 valence electrons. The van der Waals surface area contributed by atoms with Gasteiger partial charge in [-0.3, -0.25) is 9.59 Å². The first-order valence-electron chi connectivity index (χ1n) is 11.7. The summed E-state index contributed by atoms with van der Waals surface area (Å²) in [5, 5.41) is 9.38. The molecule has 7 unspecified atom stereocenters. The highest BCUT2D eigenvalue weighted by atomic mass is 16.5. The lowest BCUT2D eigenvalue weighted by Gasteiger charge is -2.31. The van der Waals surface area contributed by atoms with Gasteiger partial charge in [0.25, 0.3) is 0 Å². The van der Waals surface area contributed by atoms with Crippen molar-refractivity contribution < 1.29 is 19.4 Å².